The number of allylic oxidation sites excluding steroid dienone is 2. The molecule has 2 bridgehead atoms. The number of amides is 2. The van der Waals surface area contributed by atoms with Gasteiger partial charge in [0.2, 0.25) is 17.6 Å². The van der Waals surface area contributed by atoms with Crippen molar-refractivity contribution in [3.8, 4) is 11.3 Å². The van der Waals surface area contributed by atoms with Crippen LogP contribution in [0.25, 0.3) is 22.2 Å². The average Bonchev–Trinajstić information content (AvgIpc) is 3.73. The summed E-state index contributed by atoms with van der Waals surface area (Å²) in [7, 11) is 0. The van der Waals surface area contributed by atoms with Crippen LogP contribution in [-0.4, -0.2) is 40.1 Å². The third-order valence-corrected chi connectivity index (χ3v) is 9.21. The van der Waals surface area contributed by atoms with E-state index < -0.39 is 23.3 Å². The third-order valence-electron chi connectivity index (χ3n) is 9.21. The van der Waals surface area contributed by atoms with Crippen LogP contribution in [0, 0.1) is 47.6 Å². The summed E-state index contributed by atoms with van der Waals surface area (Å²) in [5.41, 5.74) is 3.51. The zero-order valence-corrected chi connectivity index (χ0v) is 24.4. The highest BCUT2D eigenvalue weighted by Crippen LogP contribution is 2.53. The molecule has 2 aliphatic carbocycles. The van der Waals surface area contributed by atoms with E-state index in [9.17, 15) is 29.3 Å². The van der Waals surface area contributed by atoms with Gasteiger partial charge in [-0.15, -0.1) is 0 Å². The van der Waals surface area contributed by atoms with Crippen molar-refractivity contribution < 1.29 is 28.8 Å². The number of ether oxygens (including phenoxy) is 1. The first-order valence-electron chi connectivity index (χ1n) is 14.6. The molecule has 1 saturated carbocycles. The second kappa shape index (κ2) is 10.6. The van der Waals surface area contributed by atoms with E-state index in [1.165, 1.54) is 23.1 Å². The first-order valence-corrected chi connectivity index (χ1v) is 14.6. The van der Waals surface area contributed by atoms with Gasteiger partial charge in [0.05, 0.1) is 39.2 Å². The maximum Gasteiger partial charge on any atom is 0.339 e. The maximum atomic E-state index is 13.4. The molecule has 10 nitrogen and oxygen atoms in total. The number of hydrogen-bond donors (Lipinski definition) is 0. The summed E-state index contributed by atoms with van der Waals surface area (Å²) in [5.74, 6) is -1.98. The molecule has 2 amide bonds. The Morgan fingerprint density at radius 1 is 0.933 bits per heavy atom. The van der Waals surface area contributed by atoms with Crippen LogP contribution in [0.15, 0.2) is 78.9 Å². The molecular formula is C35H27N3O7. The number of aromatic nitrogens is 1. The second-order valence-corrected chi connectivity index (χ2v) is 11.8. The van der Waals surface area contributed by atoms with Gasteiger partial charge < -0.3 is 4.74 Å². The van der Waals surface area contributed by atoms with Crippen molar-refractivity contribution in [2.24, 2.45) is 23.7 Å². The molecule has 4 atom stereocenters. The molecule has 10 heteroatoms. The molecule has 3 aromatic carbocycles. The van der Waals surface area contributed by atoms with E-state index in [4.69, 9.17) is 9.72 Å². The molecule has 4 aromatic rings. The smallest absolute Gasteiger partial charge is 0.339 e. The minimum atomic E-state index is -0.746. The van der Waals surface area contributed by atoms with Gasteiger partial charge in [0, 0.05) is 28.1 Å². The molecule has 0 N–H and O–H groups in total. The lowest BCUT2D eigenvalue weighted by molar-refractivity contribution is -0.385. The summed E-state index contributed by atoms with van der Waals surface area (Å²) in [6.45, 7) is 2.84. The van der Waals surface area contributed by atoms with Crippen LogP contribution in [-0.2, 0) is 14.3 Å². The van der Waals surface area contributed by atoms with Gasteiger partial charge in [-0.3, -0.25) is 29.4 Å². The lowest BCUT2D eigenvalue weighted by Gasteiger charge is -2.18. The summed E-state index contributed by atoms with van der Waals surface area (Å²) in [5, 5.41) is 11.8. The number of aryl methyl sites for hydroxylation is 2. The molecule has 1 saturated heterocycles. The molecule has 3 aliphatic rings. The van der Waals surface area contributed by atoms with Crippen LogP contribution < -0.4 is 4.90 Å². The standard InChI is InChI=1S/C35H27N3O7/c1-18-6-7-21(15-28(18)38(43)44)29(39)17-45-35(42)26-16-27(36-32-19(2)4-3-5-25(26)32)20-10-12-24(13-11-20)37-33(40)30-22-8-9-23(14-22)31(30)34(37)41/h3-13,15-16,22-23,30-31H,14,17H2,1-2H3. The molecule has 2 heterocycles. The Labute approximate surface area is 257 Å². The average molecular weight is 602 g/mol. The Morgan fingerprint density at radius 2 is 1.62 bits per heavy atom. The highest BCUT2D eigenvalue weighted by Gasteiger charge is 2.59. The number of benzene rings is 3. The van der Waals surface area contributed by atoms with Gasteiger partial charge in [0.1, 0.15) is 0 Å². The largest absolute Gasteiger partial charge is 0.454 e. The van der Waals surface area contributed by atoms with Crippen molar-refractivity contribution >= 4 is 45.8 Å². The van der Waals surface area contributed by atoms with Crippen molar-refractivity contribution in [3.05, 3.63) is 111 Å². The number of nitro groups is 1. The first-order chi connectivity index (χ1) is 21.6. The minimum Gasteiger partial charge on any atom is -0.454 e. The van der Waals surface area contributed by atoms with Crippen molar-refractivity contribution in [2.45, 2.75) is 20.3 Å². The number of imide groups is 1. The van der Waals surface area contributed by atoms with E-state index in [1.807, 2.05) is 13.0 Å². The number of para-hydroxylation sites is 1. The van der Waals surface area contributed by atoms with Crippen molar-refractivity contribution in [1.29, 1.82) is 0 Å². The van der Waals surface area contributed by atoms with Crippen molar-refractivity contribution in [1.82, 2.24) is 4.98 Å². The van der Waals surface area contributed by atoms with E-state index in [-0.39, 0.29) is 52.3 Å². The number of ketones is 1. The summed E-state index contributed by atoms with van der Waals surface area (Å²) in [6.07, 6.45) is 4.98. The zero-order valence-electron chi connectivity index (χ0n) is 24.4. The number of Topliss-reactive ketones (excluding diaryl/α,β-unsaturated/α-hetero) is 1. The van der Waals surface area contributed by atoms with Gasteiger partial charge >= 0.3 is 5.97 Å². The van der Waals surface area contributed by atoms with Crippen LogP contribution in [0.1, 0.15) is 38.3 Å². The molecule has 2 fully saturated rings. The molecule has 0 radical (unpaired) electrons. The summed E-state index contributed by atoms with van der Waals surface area (Å²) in [4.78, 5) is 69.5. The van der Waals surface area contributed by atoms with E-state index >= 15 is 0 Å². The Balaban J connectivity index is 1.15. The van der Waals surface area contributed by atoms with E-state index in [0.29, 0.717) is 33.4 Å². The molecule has 4 unspecified atom stereocenters. The number of fused-ring (bicyclic) bond motifs is 6. The molecule has 1 aliphatic heterocycles. The number of hydrogen-bond acceptors (Lipinski definition) is 8. The number of rotatable bonds is 7. The Morgan fingerprint density at radius 3 is 2.29 bits per heavy atom. The number of carbonyl (C=O) groups is 4. The predicted molar refractivity (Wildman–Crippen MR) is 165 cm³/mol. The number of pyridine rings is 1. The van der Waals surface area contributed by atoms with Gasteiger partial charge in [-0.1, -0.05) is 54.6 Å². The topological polar surface area (TPSA) is 137 Å². The van der Waals surface area contributed by atoms with Gasteiger partial charge in [-0.2, -0.15) is 0 Å². The molecule has 1 aromatic heterocycles. The number of anilines is 1. The van der Waals surface area contributed by atoms with E-state index in [0.717, 1.165) is 12.0 Å². The van der Waals surface area contributed by atoms with E-state index in [2.05, 4.69) is 12.2 Å². The van der Waals surface area contributed by atoms with Crippen LogP contribution in [0.3, 0.4) is 0 Å². The number of esters is 1. The summed E-state index contributed by atoms with van der Waals surface area (Å²) < 4.78 is 5.41. The van der Waals surface area contributed by atoms with Gasteiger partial charge in [-0.25, -0.2) is 9.78 Å². The predicted octanol–water partition coefficient (Wildman–Crippen LogP) is 5.78. The molecule has 224 valence electrons. The Kier molecular flexibility index (Phi) is 6.65. The third kappa shape index (κ3) is 4.61. The lowest BCUT2D eigenvalue weighted by atomic mass is 9.85. The van der Waals surface area contributed by atoms with Crippen LogP contribution in [0.4, 0.5) is 11.4 Å². The fourth-order valence-corrected chi connectivity index (χ4v) is 6.92. The maximum absolute atomic E-state index is 13.4. The van der Waals surface area contributed by atoms with Crippen LogP contribution >= 0.6 is 0 Å². The normalized spacial score (nSPS) is 21.4. The lowest BCUT2D eigenvalue weighted by Crippen LogP contribution is -2.32. The number of nitrogens with zero attached hydrogens (tertiary/aromatic N) is 3. The Hall–Kier alpha value is -5.51. The van der Waals surface area contributed by atoms with E-state index in [1.54, 1.807) is 49.4 Å². The highest BCUT2D eigenvalue weighted by atomic mass is 16.6. The number of carbonyl (C=O) groups excluding carboxylic acids is 4. The van der Waals surface area contributed by atoms with Crippen molar-refractivity contribution in [2.75, 3.05) is 11.5 Å². The van der Waals surface area contributed by atoms with Crippen molar-refractivity contribution in [3.63, 3.8) is 0 Å². The molecule has 7 rings (SSSR count). The monoisotopic (exact) mass is 601 g/mol. The Bertz CT molecular complexity index is 1970. The van der Waals surface area contributed by atoms with Crippen LogP contribution in [0.2, 0.25) is 0 Å². The fraction of sp³-hybridized carbons (Fsp3) is 0.229. The molecule has 45 heavy (non-hydrogen) atoms. The minimum absolute atomic E-state index is 0.0684. The van der Waals surface area contributed by atoms with Crippen LogP contribution in [0.5, 0.6) is 0 Å². The highest BCUT2D eigenvalue weighted by molar-refractivity contribution is 6.23. The van der Waals surface area contributed by atoms with Gasteiger partial charge in [0.25, 0.3) is 5.69 Å². The zero-order chi connectivity index (χ0) is 31.6. The molecular weight excluding hydrogens is 574 g/mol. The second-order valence-electron chi connectivity index (χ2n) is 11.8. The van der Waals surface area contributed by atoms with Gasteiger partial charge in [0.15, 0.2) is 6.61 Å². The first kappa shape index (κ1) is 28.3. The summed E-state index contributed by atoms with van der Waals surface area (Å²) in [6, 6.07) is 18.0. The number of nitro benzene ring substituents is 1. The molecule has 0 spiro atoms. The quantitative estimate of drug-likeness (QED) is 0.0650. The summed E-state index contributed by atoms with van der Waals surface area (Å²) >= 11 is 0. The fourth-order valence-electron chi connectivity index (χ4n) is 6.92. The van der Waals surface area contributed by atoms with Gasteiger partial charge in [-0.05, 0) is 55.9 Å². The SMILES string of the molecule is Cc1ccc(C(=O)COC(=O)c2cc(-c3ccc(N4C(=O)C5C6C=CC(C6)C5C4=O)cc3)nc3c(C)cccc23)cc1[N+](=O)[O-].